The first kappa shape index (κ1) is 59.7. The lowest BCUT2D eigenvalue weighted by molar-refractivity contribution is -0.145. The summed E-state index contributed by atoms with van der Waals surface area (Å²) in [5.41, 5.74) is 4.06. The molecule has 0 radical (unpaired) electrons. The fraction of sp³-hybridized carbons (Fsp3) is 0.643. The number of rotatable bonds is 25. The van der Waals surface area contributed by atoms with Crippen molar-refractivity contribution in [2.24, 2.45) is 5.92 Å². The molecule has 71 heavy (non-hydrogen) atoms. The third-order valence-electron chi connectivity index (χ3n) is 13.4. The molecule has 5 atom stereocenters. The maximum atomic E-state index is 14.3. The third-order valence-corrected chi connectivity index (χ3v) is 13.4. The lowest BCUT2D eigenvalue weighted by Gasteiger charge is -2.30. The minimum Gasteiger partial charge on any atom is -0.467 e. The molecule has 5 amide bonds. The number of nitrogens with zero attached hydrogens (tertiary/aromatic N) is 2. The van der Waals surface area contributed by atoms with Crippen LogP contribution in [-0.2, 0) is 49.5 Å². The van der Waals surface area contributed by atoms with Gasteiger partial charge in [0.15, 0.2) is 11.6 Å². The molecule has 1 aliphatic heterocycles. The van der Waals surface area contributed by atoms with E-state index in [1.807, 2.05) is 44.2 Å². The van der Waals surface area contributed by atoms with Crippen LogP contribution in [0.1, 0.15) is 179 Å². The lowest BCUT2D eigenvalue weighted by Crippen LogP contribution is -2.55. The SMILES string of the molecule is CCCCCCCCCCCCCCCC(=O)N(C)[C@H](CNC(=O)OC(C)(C)C)C(=O)N[C@H](C)C(=O)CCC(=O)N(C)[C@@H]1C(=O)C[C@@H](C)C(=O)N[C@H](C(=O)OC)Cc2ccc(C)c(c2)-c2cc1ccc2C. The van der Waals surface area contributed by atoms with Gasteiger partial charge in [0.2, 0.25) is 23.6 Å². The van der Waals surface area contributed by atoms with Gasteiger partial charge in [-0.3, -0.25) is 28.8 Å². The standard InChI is InChI=1S/C56H85N5O10/c1-12-13-14-15-16-17-18-19-20-21-22-23-24-25-49(64)60(9)46(36-57-55(69)71-56(6,7)8)53(67)58-40(5)47(62)30-31-50(65)61(10)51-42-29-27-38(3)44(35-42)43-33-41(28-26-37(43)2)34-45(54(68)70-11)59-52(66)39(4)32-48(51)63/h26-29,33,35,39-40,45-46,51H,12-25,30-32,34,36H2,1-11H3,(H,57,69)(H,58,67)(H,59,66)/t39-,40-,45+,46-,51+/m1/s1. The first-order valence-corrected chi connectivity index (χ1v) is 26.0. The third kappa shape index (κ3) is 19.8. The molecule has 4 bridgehead atoms. The van der Waals surface area contributed by atoms with E-state index in [0.29, 0.717) is 12.0 Å². The summed E-state index contributed by atoms with van der Waals surface area (Å²) in [5.74, 6) is -4.35. The van der Waals surface area contributed by atoms with Crippen molar-refractivity contribution >= 4 is 47.3 Å². The molecule has 0 fully saturated rings. The van der Waals surface area contributed by atoms with E-state index in [9.17, 15) is 38.4 Å². The summed E-state index contributed by atoms with van der Waals surface area (Å²) in [6.45, 7) is 14.1. The van der Waals surface area contributed by atoms with Crippen LogP contribution < -0.4 is 16.0 Å². The van der Waals surface area contributed by atoms with Gasteiger partial charge in [0, 0.05) is 52.1 Å². The molecule has 394 valence electrons. The predicted molar refractivity (Wildman–Crippen MR) is 276 cm³/mol. The predicted octanol–water partition coefficient (Wildman–Crippen LogP) is 8.97. The minimum absolute atomic E-state index is 0.175. The second kappa shape index (κ2) is 29.7. The van der Waals surface area contributed by atoms with Gasteiger partial charge in [0.05, 0.1) is 19.7 Å². The number of amides is 5. The van der Waals surface area contributed by atoms with Crippen molar-refractivity contribution in [1.29, 1.82) is 0 Å². The number of benzene rings is 2. The molecule has 3 N–H and O–H groups in total. The van der Waals surface area contributed by atoms with E-state index in [1.54, 1.807) is 33.8 Å². The number of nitrogens with one attached hydrogen (secondary N) is 3. The van der Waals surface area contributed by atoms with Crippen LogP contribution in [0.25, 0.3) is 11.1 Å². The van der Waals surface area contributed by atoms with Crippen LogP contribution >= 0.6 is 0 Å². The average molecular weight is 988 g/mol. The average Bonchev–Trinajstić information content (AvgIpc) is 3.31. The summed E-state index contributed by atoms with van der Waals surface area (Å²) in [6.07, 6.45) is 14.0. The van der Waals surface area contributed by atoms with Gasteiger partial charge in [-0.25, -0.2) is 9.59 Å². The number of hydrogen-bond donors (Lipinski definition) is 3. The number of Topliss-reactive ketones (excluding diaryl/α,β-unsaturated/α-hetero) is 2. The summed E-state index contributed by atoms with van der Waals surface area (Å²) in [6, 6.07) is 6.95. The molecule has 2 aromatic rings. The second-order valence-corrected chi connectivity index (χ2v) is 20.6. The number of likely N-dealkylation sites (N-methyl/N-ethyl adjacent to an activating group) is 2. The lowest BCUT2D eigenvalue weighted by atomic mass is 9.87. The topological polar surface area (TPSA) is 198 Å². The highest BCUT2D eigenvalue weighted by molar-refractivity contribution is 5.97. The fourth-order valence-corrected chi connectivity index (χ4v) is 8.90. The van der Waals surface area contributed by atoms with Crippen LogP contribution in [-0.4, -0.2) is 109 Å². The van der Waals surface area contributed by atoms with E-state index in [1.165, 1.54) is 95.7 Å². The zero-order valence-corrected chi connectivity index (χ0v) is 44.8. The van der Waals surface area contributed by atoms with E-state index in [-0.39, 0.29) is 44.6 Å². The summed E-state index contributed by atoms with van der Waals surface area (Å²) in [7, 11) is 4.24. The number of esters is 1. The van der Waals surface area contributed by atoms with Crippen LogP contribution in [0.2, 0.25) is 0 Å². The Balaban J connectivity index is 1.71. The van der Waals surface area contributed by atoms with Crippen molar-refractivity contribution in [2.45, 2.75) is 201 Å². The van der Waals surface area contributed by atoms with Crippen molar-refractivity contribution in [3.63, 3.8) is 0 Å². The Morgan fingerprint density at radius 1 is 0.761 bits per heavy atom. The maximum Gasteiger partial charge on any atom is 0.407 e. The van der Waals surface area contributed by atoms with Gasteiger partial charge in [-0.2, -0.15) is 0 Å². The van der Waals surface area contributed by atoms with E-state index < -0.39 is 77.0 Å². The Morgan fingerprint density at radius 3 is 1.90 bits per heavy atom. The highest BCUT2D eigenvalue weighted by Crippen LogP contribution is 2.34. The number of fused-ring (bicyclic) bond motifs is 5. The first-order valence-electron chi connectivity index (χ1n) is 26.0. The Kier molecular flexibility index (Phi) is 25.0. The molecule has 2 aromatic carbocycles. The van der Waals surface area contributed by atoms with Gasteiger partial charge in [-0.1, -0.05) is 121 Å². The maximum absolute atomic E-state index is 14.3. The molecular weight excluding hydrogens is 903 g/mol. The summed E-state index contributed by atoms with van der Waals surface area (Å²) in [4.78, 5) is 111. The molecular formula is C56H85N5O10. The highest BCUT2D eigenvalue weighted by Gasteiger charge is 2.35. The van der Waals surface area contributed by atoms with Crippen LogP contribution in [0.3, 0.4) is 0 Å². The van der Waals surface area contributed by atoms with Gasteiger partial charge in [-0.15, -0.1) is 0 Å². The number of ether oxygens (including phenoxy) is 2. The van der Waals surface area contributed by atoms with E-state index in [2.05, 4.69) is 22.9 Å². The monoisotopic (exact) mass is 988 g/mol. The Labute approximate surface area is 423 Å². The summed E-state index contributed by atoms with van der Waals surface area (Å²) >= 11 is 0. The number of carbonyl (C=O) groups excluding carboxylic acids is 8. The Bertz CT molecular complexity index is 2130. The molecule has 15 heteroatoms. The normalized spacial score (nSPS) is 16.9. The molecule has 0 saturated heterocycles. The number of ketones is 2. The number of carbonyl (C=O) groups is 8. The fourth-order valence-electron chi connectivity index (χ4n) is 8.90. The molecule has 15 nitrogen and oxygen atoms in total. The second-order valence-electron chi connectivity index (χ2n) is 20.6. The largest absolute Gasteiger partial charge is 0.467 e. The van der Waals surface area contributed by atoms with Gasteiger partial charge in [0.1, 0.15) is 23.7 Å². The van der Waals surface area contributed by atoms with Crippen molar-refractivity contribution in [3.8, 4) is 11.1 Å². The number of alkyl carbamates (subject to hydrolysis) is 1. The Morgan fingerprint density at radius 2 is 1.32 bits per heavy atom. The molecule has 1 aliphatic rings. The molecule has 1 heterocycles. The van der Waals surface area contributed by atoms with E-state index >= 15 is 0 Å². The Hall–Kier alpha value is -5.60. The quantitative estimate of drug-likeness (QED) is 0.0638. The summed E-state index contributed by atoms with van der Waals surface area (Å²) < 4.78 is 10.4. The van der Waals surface area contributed by atoms with Crippen LogP contribution in [0.4, 0.5) is 4.79 Å². The van der Waals surface area contributed by atoms with E-state index in [4.69, 9.17) is 9.47 Å². The smallest absolute Gasteiger partial charge is 0.407 e. The molecule has 0 aliphatic carbocycles. The zero-order chi connectivity index (χ0) is 52.8. The van der Waals surface area contributed by atoms with E-state index in [0.717, 1.165) is 47.1 Å². The molecule has 0 unspecified atom stereocenters. The van der Waals surface area contributed by atoms with Crippen LogP contribution in [0.5, 0.6) is 0 Å². The van der Waals surface area contributed by atoms with Crippen LogP contribution in [0.15, 0.2) is 36.4 Å². The van der Waals surface area contributed by atoms with Gasteiger partial charge >= 0.3 is 12.1 Å². The van der Waals surface area contributed by atoms with Crippen molar-refractivity contribution in [3.05, 3.63) is 58.7 Å². The molecule has 0 saturated carbocycles. The molecule has 0 aromatic heterocycles. The molecule has 0 spiro atoms. The van der Waals surface area contributed by atoms with Crippen molar-refractivity contribution in [2.75, 3.05) is 27.7 Å². The van der Waals surface area contributed by atoms with Gasteiger partial charge in [-0.05, 0) is 87.4 Å². The number of unbranched alkanes of at least 4 members (excludes halogenated alkanes) is 12. The van der Waals surface area contributed by atoms with Crippen molar-refractivity contribution in [1.82, 2.24) is 25.8 Å². The number of hydrogen-bond acceptors (Lipinski definition) is 10. The number of methoxy groups -OCH3 is 1. The minimum atomic E-state index is -1.16. The van der Waals surface area contributed by atoms with Crippen LogP contribution in [0, 0.1) is 19.8 Å². The van der Waals surface area contributed by atoms with Crippen molar-refractivity contribution < 1.29 is 47.8 Å². The summed E-state index contributed by atoms with van der Waals surface area (Å²) in [5, 5.41) is 8.06. The number of aryl methyl sites for hydroxylation is 2. The first-order chi connectivity index (χ1) is 33.6. The highest BCUT2D eigenvalue weighted by atomic mass is 16.6. The zero-order valence-electron chi connectivity index (χ0n) is 44.8. The molecule has 3 rings (SSSR count). The van der Waals surface area contributed by atoms with Gasteiger partial charge in [0.25, 0.3) is 0 Å². The van der Waals surface area contributed by atoms with Gasteiger partial charge < -0.3 is 35.2 Å².